The van der Waals surface area contributed by atoms with Gasteiger partial charge in [0.15, 0.2) is 18.1 Å². The Morgan fingerprint density at radius 1 is 1.50 bits per heavy atom. The van der Waals surface area contributed by atoms with E-state index in [1.165, 1.54) is 7.11 Å². The Labute approximate surface area is 152 Å². The molecule has 1 aliphatic rings. The predicted molar refractivity (Wildman–Crippen MR) is 94.0 cm³/mol. The smallest absolute Gasteiger partial charge is 0.255 e. The number of rotatable bonds is 8. The fourth-order valence-corrected chi connectivity index (χ4v) is 2.78. The zero-order valence-electron chi connectivity index (χ0n) is 13.4. The van der Waals surface area contributed by atoms with E-state index >= 15 is 0 Å². The summed E-state index contributed by atoms with van der Waals surface area (Å²) >= 11 is 6.19. The van der Waals surface area contributed by atoms with Crippen molar-refractivity contribution in [1.82, 2.24) is 10.6 Å². The van der Waals surface area contributed by atoms with Gasteiger partial charge in [0, 0.05) is 32.1 Å². The average Bonchev–Trinajstić information content (AvgIpc) is 2.91. The maximum Gasteiger partial charge on any atom is 0.255 e. The van der Waals surface area contributed by atoms with Gasteiger partial charge in [0.2, 0.25) is 0 Å². The fourth-order valence-electron chi connectivity index (χ4n) is 2.49. The van der Waals surface area contributed by atoms with E-state index in [1.807, 2.05) is 0 Å². The molecule has 9 heteroatoms. The minimum absolute atomic E-state index is 0. The van der Waals surface area contributed by atoms with E-state index in [9.17, 15) is 9.90 Å². The van der Waals surface area contributed by atoms with Crippen LogP contribution in [0.15, 0.2) is 12.1 Å². The lowest BCUT2D eigenvalue weighted by atomic mass is 10.1. The SMILES string of the molecule is COc1cc(CNCC2CNCC2O)cc(Cl)c1OCC(N)=O.Cl. The van der Waals surface area contributed by atoms with Crippen LogP contribution in [0.25, 0.3) is 0 Å². The van der Waals surface area contributed by atoms with Crippen LogP contribution in [-0.2, 0) is 11.3 Å². The molecule has 24 heavy (non-hydrogen) atoms. The molecule has 1 amide bonds. The first-order valence-electron chi connectivity index (χ1n) is 7.38. The van der Waals surface area contributed by atoms with Gasteiger partial charge in [-0.3, -0.25) is 4.79 Å². The van der Waals surface area contributed by atoms with Crippen LogP contribution in [0.5, 0.6) is 11.5 Å². The van der Waals surface area contributed by atoms with Crippen molar-refractivity contribution >= 4 is 29.9 Å². The number of aliphatic hydroxyl groups excluding tert-OH is 1. The maximum absolute atomic E-state index is 10.8. The minimum atomic E-state index is -0.586. The third-order valence-electron chi connectivity index (χ3n) is 3.69. The minimum Gasteiger partial charge on any atom is -0.493 e. The molecule has 1 fully saturated rings. The number of β-amino-alcohol motifs (C(OH)–C–C–N with tert-alkyl or cyclic N) is 1. The molecule has 2 unspecified atom stereocenters. The normalized spacial score (nSPS) is 19.6. The molecule has 1 heterocycles. The largest absolute Gasteiger partial charge is 0.493 e. The highest BCUT2D eigenvalue weighted by Crippen LogP contribution is 2.36. The number of methoxy groups -OCH3 is 1. The van der Waals surface area contributed by atoms with Gasteiger partial charge in [-0.1, -0.05) is 11.6 Å². The Kier molecular flexibility index (Phi) is 8.58. The molecule has 1 aliphatic heterocycles. The number of nitrogens with one attached hydrogen (secondary N) is 2. The van der Waals surface area contributed by atoms with Crippen LogP contribution in [0.3, 0.4) is 0 Å². The number of benzene rings is 1. The molecule has 0 bridgehead atoms. The zero-order chi connectivity index (χ0) is 16.8. The lowest BCUT2D eigenvalue weighted by Gasteiger charge is -2.16. The van der Waals surface area contributed by atoms with E-state index in [4.69, 9.17) is 26.8 Å². The standard InChI is InChI=1S/C15H22ClN3O4.ClH/c1-22-13-3-9(2-11(16)15(13)23-8-14(17)21)4-18-5-10-6-19-7-12(10)20;/h2-3,10,12,18-20H,4-8H2,1H3,(H2,17,21);1H. The van der Waals surface area contributed by atoms with Gasteiger partial charge in [-0.05, 0) is 17.7 Å². The van der Waals surface area contributed by atoms with Crippen LogP contribution in [0, 0.1) is 5.92 Å². The van der Waals surface area contributed by atoms with Crippen molar-refractivity contribution in [1.29, 1.82) is 0 Å². The van der Waals surface area contributed by atoms with Gasteiger partial charge in [0.05, 0.1) is 18.2 Å². The van der Waals surface area contributed by atoms with Gasteiger partial charge < -0.3 is 30.9 Å². The molecule has 5 N–H and O–H groups in total. The molecule has 0 aromatic heterocycles. The third kappa shape index (κ3) is 5.68. The Hall–Kier alpha value is -1.25. The summed E-state index contributed by atoms with van der Waals surface area (Å²) in [6, 6.07) is 3.54. The molecule has 1 saturated heterocycles. The van der Waals surface area contributed by atoms with Crippen LogP contribution < -0.4 is 25.8 Å². The third-order valence-corrected chi connectivity index (χ3v) is 3.97. The highest BCUT2D eigenvalue weighted by molar-refractivity contribution is 6.32. The maximum atomic E-state index is 10.8. The average molecular weight is 380 g/mol. The van der Waals surface area contributed by atoms with Gasteiger partial charge >= 0.3 is 0 Å². The molecule has 0 spiro atoms. The highest BCUT2D eigenvalue weighted by Gasteiger charge is 2.24. The van der Waals surface area contributed by atoms with Crippen LogP contribution in [-0.4, -0.2) is 50.5 Å². The highest BCUT2D eigenvalue weighted by atomic mass is 35.5. The second-order valence-corrected chi connectivity index (χ2v) is 5.89. The molecule has 7 nitrogen and oxygen atoms in total. The van der Waals surface area contributed by atoms with Crippen LogP contribution in [0.1, 0.15) is 5.56 Å². The van der Waals surface area contributed by atoms with Gasteiger partial charge in [-0.25, -0.2) is 0 Å². The molecule has 0 radical (unpaired) electrons. The van der Waals surface area contributed by atoms with Crippen molar-refractivity contribution in [3.8, 4) is 11.5 Å². The summed E-state index contributed by atoms with van der Waals surface area (Å²) in [4.78, 5) is 10.8. The van der Waals surface area contributed by atoms with Crippen molar-refractivity contribution in [3.63, 3.8) is 0 Å². The summed E-state index contributed by atoms with van der Waals surface area (Å²) in [5, 5.41) is 16.5. The zero-order valence-corrected chi connectivity index (χ0v) is 15.0. The number of carbonyl (C=O) groups excluding carboxylic acids is 1. The monoisotopic (exact) mass is 379 g/mol. The summed E-state index contributed by atoms with van der Waals surface area (Å²) in [5.41, 5.74) is 5.98. The number of carbonyl (C=O) groups is 1. The summed E-state index contributed by atoms with van der Waals surface area (Å²) in [6.07, 6.45) is -0.315. The molecule has 136 valence electrons. The van der Waals surface area contributed by atoms with E-state index in [-0.39, 0.29) is 31.0 Å². The van der Waals surface area contributed by atoms with Crippen molar-refractivity contribution in [2.45, 2.75) is 12.6 Å². The number of aliphatic hydroxyl groups is 1. The number of hydrogen-bond donors (Lipinski definition) is 4. The first-order valence-corrected chi connectivity index (χ1v) is 7.76. The van der Waals surface area contributed by atoms with Gasteiger partial charge in [0.25, 0.3) is 5.91 Å². The fraction of sp³-hybridized carbons (Fsp3) is 0.533. The molecule has 1 aromatic carbocycles. The summed E-state index contributed by atoms with van der Waals surface area (Å²) < 4.78 is 10.5. The number of ether oxygens (including phenoxy) is 2. The van der Waals surface area contributed by atoms with Crippen LogP contribution in [0.2, 0.25) is 5.02 Å². The predicted octanol–water partition coefficient (Wildman–Crippen LogP) is 0.304. The number of nitrogens with two attached hydrogens (primary N) is 1. The molecule has 2 atom stereocenters. The first-order chi connectivity index (χ1) is 11.0. The van der Waals surface area contributed by atoms with E-state index < -0.39 is 5.91 Å². The lowest BCUT2D eigenvalue weighted by Crippen LogP contribution is -2.30. The van der Waals surface area contributed by atoms with Crippen molar-refractivity contribution in [2.75, 3.05) is 33.4 Å². The van der Waals surface area contributed by atoms with Crippen molar-refractivity contribution in [3.05, 3.63) is 22.7 Å². The Morgan fingerprint density at radius 2 is 2.25 bits per heavy atom. The number of halogens is 2. The summed E-state index contributed by atoms with van der Waals surface area (Å²) in [6.45, 7) is 2.46. The quantitative estimate of drug-likeness (QED) is 0.517. The van der Waals surface area contributed by atoms with Gasteiger partial charge in [-0.15, -0.1) is 12.4 Å². The van der Waals surface area contributed by atoms with Crippen LogP contribution in [0.4, 0.5) is 0 Å². The number of hydrogen-bond acceptors (Lipinski definition) is 6. The topological polar surface area (TPSA) is 106 Å². The summed E-state index contributed by atoms with van der Waals surface area (Å²) in [7, 11) is 1.50. The van der Waals surface area contributed by atoms with Crippen LogP contribution >= 0.6 is 24.0 Å². The second-order valence-electron chi connectivity index (χ2n) is 5.48. The van der Waals surface area contributed by atoms with E-state index in [0.29, 0.717) is 36.2 Å². The summed E-state index contributed by atoms with van der Waals surface area (Å²) in [5.74, 6) is 0.355. The van der Waals surface area contributed by atoms with Gasteiger partial charge in [-0.2, -0.15) is 0 Å². The Morgan fingerprint density at radius 3 is 2.83 bits per heavy atom. The van der Waals surface area contributed by atoms with Crippen molar-refractivity contribution in [2.24, 2.45) is 11.7 Å². The molecular formula is C15H23Cl2N3O4. The molecule has 0 saturated carbocycles. The van der Waals surface area contributed by atoms with Gasteiger partial charge in [0.1, 0.15) is 0 Å². The second kappa shape index (κ2) is 9.90. The van der Waals surface area contributed by atoms with E-state index in [0.717, 1.165) is 12.1 Å². The molecule has 0 aliphatic carbocycles. The Balaban J connectivity index is 0.00000288. The van der Waals surface area contributed by atoms with E-state index in [2.05, 4.69) is 10.6 Å². The Bertz CT molecular complexity index is 560. The molecular weight excluding hydrogens is 357 g/mol. The van der Waals surface area contributed by atoms with Crippen molar-refractivity contribution < 1.29 is 19.4 Å². The lowest BCUT2D eigenvalue weighted by molar-refractivity contribution is -0.119. The number of amides is 1. The first kappa shape index (κ1) is 20.8. The van der Waals surface area contributed by atoms with E-state index in [1.54, 1.807) is 12.1 Å². The molecule has 2 rings (SSSR count). The number of primary amides is 1. The molecule has 1 aromatic rings.